The summed E-state index contributed by atoms with van der Waals surface area (Å²) in [6, 6.07) is 7.66. The number of aliphatic hydroxyl groups is 1. The normalized spacial score (nSPS) is 12.6. The molecule has 0 amide bonds. The number of benzene rings is 1. The Hall–Kier alpha value is -2.40. The van der Waals surface area contributed by atoms with Gasteiger partial charge in [-0.25, -0.2) is 4.98 Å². The highest BCUT2D eigenvalue weighted by molar-refractivity contribution is 5.78. The highest BCUT2D eigenvalue weighted by atomic mass is 16.5. The molecule has 1 atom stereocenters. The van der Waals surface area contributed by atoms with Crippen molar-refractivity contribution >= 4 is 11.0 Å². The van der Waals surface area contributed by atoms with Gasteiger partial charge in [0.15, 0.2) is 6.10 Å². The van der Waals surface area contributed by atoms with Gasteiger partial charge in [-0.2, -0.15) is 0 Å². The monoisotopic (exact) mass is 270 g/mol. The largest absolute Gasteiger partial charge is 0.480 e. The van der Waals surface area contributed by atoms with E-state index in [1.54, 1.807) is 6.07 Å². The molecule has 0 saturated carbocycles. The van der Waals surface area contributed by atoms with E-state index < -0.39 is 6.10 Å². The molecule has 3 rings (SSSR count). The predicted molar refractivity (Wildman–Crippen MR) is 73.6 cm³/mol. The van der Waals surface area contributed by atoms with Gasteiger partial charge in [0.2, 0.25) is 5.88 Å². The lowest BCUT2D eigenvalue weighted by molar-refractivity contribution is 0.181. The van der Waals surface area contributed by atoms with Gasteiger partial charge < -0.3 is 14.3 Å². The molecule has 1 aromatic carbocycles. The second kappa shape index (κ2) is 4.94. The number of furan rings is 1. The Morgan fingerprint density at radius 3 is 2.80 bits per heavy atom. The van der Waals surface area contributed by atoms with Gasteiger partial charge in [-0.3, -0.25) is 4.98 Å². The number of aryl methyl sites for hydroxylation is 1. The summed E-state index contributed by atoms with van der Waals surface area (Å²) < 4.78 is 10.8. The molecule has 2 heterocycles. The molecular weight excluding hydrogens is 256 g/mol. The SMILES string of the molecule is COc1nccnc1C(O)c1cc2cc(C)ccc2o1. The lowest BCUT2D eigenvalue weighted by atomic mass is 10.1. The summed E-state index contributed by atoms with van der Waals surface area (Å²) in [7, 11) is 1.49. The molecule has 0 bridgehead atoms. The van der Waals surface area contributed by atoms with Crippen LogP contribution in [0.1, 0.15) is 23.1 Å². The van der Waals surface area contributed by atoms with Crippen LogP contribution in [0.15, 0.2) is 41.1 Å². The molecule has 3 aromatic rings. The van der Waals surface area contributed by atoms with Crippen molar-refractivity contribution in [2.24, 2.45) is 0 Å². The summed E-state index contributed by atoms with van der Waals surface area (Å²) >= 11 is 0. The summed E-state index contributed by atoms with van der Waals surface area (Å²) in [6.07, 6.45) is 2.01. The first-order chi connectivity index (χ1) is 9.69. The number of rotatable bonds is 3. The van der Waals surface area contributed by atoms with E-state index in [0.29, 0.717) is 11.5 Å². The van der Waals surface area contributed by atoms with Gasteiger partial charge in [0.05, 0.1) is 7.11 Å². The smallest absolute Gasteiger partial charge is 0.238 e. The van der Waals surface area contributed by atoms with Crippen molar-refractivity contribution in [1.82, 2.24) is 9.97 Å². The maximum absolute atomic E-state index is 10.4. The summed E-state index contributed by atoms with van der Waals surface area (Å²) in [6.45, 7) is 2.01. The van der Waals surface area contributed by atoms with Gasteiger partial charge in [-0.1, -0.05) is 11.6 Å². The summed E-state index contributed by atoms with van der Waals surface area (Å²) in [4.78, 5) is 8.14. The number of aliphatic hydroxyl groups excluding tert-OH is 1. The average molecular weight is 270 g/mol. The molecule has 0 aliphatic carbocycles. The minimum Gasteiger partial charge on any atom is -0.480 e. The maximum Gasteiger partial charge on any atom is 0.238 e. The van der Waals surface area contributed by atoms with Gasteiger partial charge in [-0.05, 0) is 25.1 Å². The van der Waals surface area contributed by atoms with Crippen LogP contribution in [0.2, 0.25) is 0 Å². The second-order valence-electron chi connectivity index (χ2n) is 4.54. The predicted octanol–water partition coefficient (Wildman–Crippen LogP) is 2.62. The number of ether oxygens (including phenoxy) is 1. The molecule has 0 fully saturated rings. The molecule has 1 N–H and O–H groups in total. The molecule has 2 aromatic heterocycles. The fourth-order valence-corrected chi connectivity index (χ4v) is 2.13. The second-order valence-corrected chi connectivity index (χ2v) is 4.54. The van der Waals surface area contributed by atoms with Crippen LogP contribution in [0.25, 0.3) is 11.0 Å². The zero-order valence-corrected chi connectivity index (χ0v) is 11.2. The van der Waals surface area contributed by atoms with Crippen molar-refractivity contribution < 1.29 is 14.3 Å². The molecule has 0 saturated heterocycles. The highest BCUT2D eigenvalue weighted by Gasteiger charge is 2.21. The molecule has 0 aliphatic heterocycles. The van der Waals surface area contributed by atoms with E-state index in [-0.39, 0.29) is 5.88 Å². The average Bonchev–Trinajstić information content (AvgIpc) is 2.89. The van der Waals surface area contributed by atoms with Gasteiger partial charge in [0.25, 0.3) is 0 Å². The number of nitrogens with zero attached hydrogens (tertiary/aromatic N) is 2. The van der Waals surface area contributed by atoms with Gasteiger partial charge >= 0.3 is 0 Å². The Morgan fingerprint density at radius 2 is 2.00 bits per heavy atom. The van der Waals surface area contributed by atoms with Crippen LogP contribution in [0.4, 0.5) is 0 Å². The number of fused-ring (bicyclic) bond motifs is 1. The fraction of sp³-hybridized carbons (Fsp3) is 0.200. The zero-order chi connectivity index (χ0) is 14.1. The Kier molecular flexibility index (Phi) is 3.12. The van der Waals surface area contributed by atoms with Crippen molar-refractivity contribution in [3.05, 3.63) is 53.7 Å². The van der Waals surface area contributed by atoms with Crippen LogP contribution in [-0.2, 0) is 0 Å². The molecule has 102 valence electrons. The van der Waals surface area contributed by atoms with Crippen molar-refractivity contribution in [1.29, 1.82) is 0 Å². The fourth-order valence-electron chi connectivity index (χ4n) is 2.13. The molecular formula is C15H14N2O3. The lowest BCUT2D eigenvalue weighted by Crippen LogP contribution is -2.05. The number of hydrogen-bond donors (Lipinski definition) is 1. The van der Waals surface area contributed by atoms with Crippen LogP contribution in [0.3, 0.4) is 0 Å². The first-order valence-corrected chi connectivity index (χ1v) is 6.22. The van der Waals surface area contributed by atoms with Crippen LogP contribution in [0, 0.1) is 6.92 Å². The van der Waals surface area contributed by atoms with Crippen LogP contribution < -0.4 is 4.74 Å². The number of hydrogen-bond acceptors (Lipinski definition) is 5. The lowest BCUT2D eigenvalue weighted by Gasteiger charge is -2.09. The summed E-state index contributed by atoms with van der Waals surface area (Å²) in [5.74, 6) is 0.709. The number of aromatic nitrogens is 2. The van der Waals surface area contributed by atoms with E-state index in [0.717, 1.165) is 16.5 Å². The third kappa shape index (κ3) is 2.12. The van der Waals surface area contributed by atoms with Crippen LogP contribution in [0.5, 0.6) is 5.88 Å². The van der Waals surface area contributed by atoms with E-state index in [1.807, 2.05) is 25.1 Å². The Bertz CT molecular complexity index is 752. The van der Waals surface area contributed by atoms with E-state index in [2.05, 4.69) is 9.97 Å². The quantitative estimate of drug-likeness (QED) is 0.792. The van der Waals surface area contributed by atoms with E-state index in [1.165, 1.54) is 19.5 Å². The maximum atomic E-state index is 10.4. The van der Waals surface area contributed by atoms with E-state index in [9.17, 15) is 5.11 Å². The van der Waals surface area contributed by atoms with Crippen molar-refractivity contribution in [3.8, 4) is 5.88 Å². The molecule has 20 heavy (non-hydrogen) atoms. The third-order valence-corrected chi connectivity index (χ3v) is 3.10. The topological polar surface area (TPSA) is 68.4 Å². The Morgan fingerprint density at radius 1 is 1.20 bits per heavy atom. The summed E-state index contributed by atoms with van der Waals surface area (Å²) in [5.41, 5.74) is 2.20. The van der Waals surface area contributed by atoms with E-state index >= 15 is 0 Å². The van der Waals surface area contributed by atoms with Gasteiger partial charge in [0, 0.05) is 17.8 Å². The van der Waals surface area contributed by atoms with Gasteiger partial charge in [0.1, 0.15) is 17.0 Å². The molecule has 5 nitrogen and oxygen atoms in total. The highest BCUT2D eigenvalue weighted by Crippen LogP contribution is 2.30. The van der Waals surface area contributed by atoms with Crippen LogP contribution >= 0.6 is 0 Å². The minimum atomic E-state index is -1.01. The van der Waals surface area contributed by atoms with Crippen molar-refractivity contribution in [2.45, 2.75) is 13.0 Å². The summed E-state index contributed by atoms with van der Waals surface area (Å²) in [5, 5.41) is 11.3. The minimum absolute atomic E-state index is 0.289. The third-order valence-electron chi connectivity index (χ3n) is 3.10. The standard InChI is InChI=1S/C15H14N2O3/c1-9-3-4-11-10(7-9)8-12(20-11)14(18)13-15(19-2)17-6-5-16-13/h3-8,14,18H,1-2H3. The Labute approximate surface area is 115 Å². The molecule has 5 heteroatoms. The Balaban J connectivity index is 2.05. The molecule has 0 spiro atoms. The van der Waals surface area contributed by atoms with Crippen molar-refractivity contribution in [3.63, 3.8) is 0 Å². The zero-order valence-electron chi connectivity index (χ0n) is 11.2. The van der Waals surface area contributed by atoms with Crippen molar-refractivity contribution in [2.75, 3.05) is 7.11 Å². The first kappa shape index (κ1) is 12.6. The number of methoxy groups -OCH3 is 1. The molecule has 0 aliphatic rings. The van der Waals surface area contributed by atoms with E-state index in [4.69, 9.17) is 9.15 Å². The first-order valence-electron chi connectivity index (χ1n) is 6.22. The molecule has 0 radical (unpaired) electrons. The van der Waals surface area contributed by atoms with Crippen LogP contribution in [-0.4, -0.2) is 22.2 Å². The van der Waals surface area contributed by atoms with Gasteiger partial charge in [-0.15, -0.1) is 0 Å². The molecule has 1 unspecified atom stereocenters.